The van der Waals surface area contributed by atoms with Gasteiger partial charge in [0.15, 0.2) is 0 Å². The molecule has 2 unspecified atom stereocenters. The number of aromatic nitrogens is 1. The number of nitrogens with zero attached hydrogens (tertiary/aromatic N) is 1. The van der Waals surface area contributed by atoms with Gasteiger partial charge in [-0.2, -0.15) is 0 Å². The predicted octanol–water partition coefficient (Wildman–Crippen LogP) is 2.82. The molecule has 2 aromatic rings. The first-order valence-electron chi connectivity index (χ1n) is 7.68. The van der Waals surface area contributed by atoms with E-state index in [2.05, 4.69) is 12.2 Å². The quantitative estimate of drug-likeness (QED) is 0.669. The van der Waals surface area contributed by atoms with E-state index >= 15 is 0 Å². The number of hydrogen-bond donors (Lipinski definition) is 2. The number of fused-ring (bicyclic) bond motifs is 5. The molecule has 6 heteroatoms. The highest BCUT2D eigenvalue weighted by Crippen LogP contribution is 2.57. The van der Waals surface area contributed by atoms with Gasteiger partial charge < -0.3 is 19.7 Å². The van der Waals surface area contributed by atoms with E-state index in [0.717, 1.165) is 17.5 Å². The molecule has 2 atom stereocenters. The topological polar surface area (TPSA) is 80.9 Å². The molecule has 0 spiro atoms. The van der Waals surface area contributed by atoms with Crippen molar-refractivity contribution >= 4 is 5.97 Å². The molecule has 0 amide bonds. The molecule has 4 rings (SSSR count). The number of carbonyl (C=O) groups excluding carboxylic acids is 1. The van der Waals surface area contributed by atoms with Crippen LogP contribution in [0.1, 0.15) is 39.7 Å². The molecule has 2 N–H and O–H groups in total. The van der Waals surface area contributed by atoms with Crippen LogP contribution in [0.3, 0.4) is 0 Å². The van der Waals surface area contributed by atoms with Crippen LogP contribution in [0.4, 0.5) is 0 Å². The van der Waals surface area contributed by atoms with Gasteiger partial charge >= 0.3 is 5.97 Å². The largest absolute Gasteiger partial charge is 0.496 e. The maximum Gasteiger partial charge on any atom is 0.341 e. The third kappa shape index (κ3) is 1.79. The number of aromatic hydroxyl groups is 2. The highest BCUT2D eigenvalue weighted by molar-refractivity contribution is 5.93. The van der Waals surface area contributed by atoms with Crippen molar-refractivity contribution < 1.29 is 24.5 Å². The average Bonchev–Trinajstić information content (AvgIpc) is 3.27. The van der Waals surface area contributed by atoms with Crippen LogP contribution >= 0.6 is 0 Å². The van der Waals surface area contributed by atoms with Gasteiger partial charge in [0, 0.05) is 23.0 Å². The summed E-state index contributed by atoms with van der Waals surface area (Å²) in [5.41, 5.74) is 2.25. The molecule has 1 aromatic heterocycles. The molecular formula is C18H17NO5. The van der Waals surface area contributed by atoms with Gasteiger partial charge in [0.2, 0.25) is 11.8 Å². The molecule has 1 aromatic carbocycles. The lowest BCUT2D eigenvalue weighted by molar-refractivity contribution is 0.0597. The van der Waals surface area contributed by atoms with Crippen LogP contribution in [0.5, 0.6) is 17.5 Å². The van der Waals surface area contributed by atoms with Crippen molar-refractivity contribution in [2.24, 2.45) is 0 Å². The third-order valence-corrected chi connectivity index (χ3v) is 4.87. The molecule has 0 fully saturated rings. The summed E-state index contributed by atoms with van der Waals surface area (Å²) in [6.45, 7) is 0. The van der Waals surface area contributed by atoms with Crippen LogP contribution in [0.2, 0.25) is 0 Å². The SMILES string of the molecule is COC(=O)c1cc(-n2c(O)c3c(c2O)C2C=CC3C2)ccc1OC. The van der Waals surface area contributed by atoms with E-state index in [0.29, 0.717) is 11.4 Å². The molecule has 24 heavy (non-hydrogen) atoms. The summed E-state index contributed by atoms with van der Waals surface area (Å²) in [7, 11) is 2.75. The van der Waals surface area contributed by atoms with Gasteiger partial charge in [0.05, 0.1) is 19.9 Å². The van der Waals surface area contributed by atoms with Crippen molar-refractivity contribution in [3.63, 3.8) is 0 Å². The van der Waals surface area contributed by atoms with E-state index in [1.165, 1.54) is 24.9 Å². The van der Waals surface area contributed by atoms with E-state index in [-0.39, 0.29) is 29.2 Å². The lowest BCUT2D eigenvalue weighted by atomic mass is 10.0. The van der Waals surface area contributed by atoms with Crippen molar-refractivity contribution in [1.29, 1.82) is 0 Å². The minimum atomic E-state index is -0.547. The molecule has 124 valence electrons. The van der Waals surface area contributed by atoms with Crippen molar-refractivity contribution in [1.82, 2.24) is 4.57 Å². The summed E-state index contributed by atoms with van der Waals surface area (Å²) in [6.07, 6.45) is 5.01. The fourth-order valence-corrected chi connectivity index (χ4v) is 3.79. The Morgan fingerprint density at radius 2 is 1.75 bits per heavy atom. The number of allylic oxidation sites excluding steroid dienone is 2. The standard InChI is InChI=1S/C18H17NO5/c1-23-13-6-5-11(8-12(13)18(22)24-2)19-16(20)14-9-3-4-10(7-9)15(14)17(19)21/h3-6,8-10,20-21H,7H2,1-2H3. The van der Waals surface area contributed by atoms with Gasteiger partial charge in [-0.25, -0.2) is 4.79 Å². The normalized spacial score (nSPS) is 20.2. The minimum absolute atomic E-state index is 0.0142. The Morgan fingerprint density at radius 1 is 1.12 bits per heavy atom. The van der Waals surface area contributed by atoms with Crippen LogP contribution in [-0.2, 0) is 4.74 Å². The van der Waals surface area contributed by atoms with Gasteiger partial charge in [0.25, 0.3) is 0 Å². The molecule has 6 nitrogen and oxygen atoms in total. The molecule has 0 aliphatic heterocycles. The third-order valence-electron chi connectivity index (χ3n) is 4.87. The second-order valence-corrected chi connectivity index (χ2v) is 6.02. The van der Waals surface area contributed by atoms with E-state index < -0.39 is 5.97 Å². The molecule has 0 saturated carbocycles. The van der Waals surface area contributed by atoms with E-state index in [4.69, 9.17) is 9.47 Å². The lowest BCUT2D eigenvalue weighted by Crippen LogP contribution is -2.06. The Labute approximate surface area is 138 Å². The molecule has 2 aliphatic carbocycles. The summed E-state index contributed by atoms with van der Waals surface area (Å²) in [4.78, 5) is 12.0. The van der Waals surface area contributed by atoms with Gasteiger partial charge in [-0.15, -0.1) is 0 Å². The average molecular weight is 327 g/mol. The molecule has 1 heterocycles. The summed E-state index contributed by atoms with van der Waals surface area (Å²) in [5, 5.41) is 21.3. The molecule has 0 radical (unpaired) electrons. The smallest absolute Gasteiger partial charge is 0.341 e. The Bertz CT molecular complexity index is 845. The fraction of sp³-hybridized carbons (Fsp3) is 0.278. The first kappa shape index (κ1) is 14.7. The van der Waals surface area contributed by atoms with Crippen LogP contribution in [-0.4, -0.2) is 35.0 Å². The second kappa shape index (κ2) is 5.06. The van der Waals surface area contributed by atoms with Crippen molar-refractivity contribution in [3.05, 3.63) is 47.0 Å². The Kier molecular flexibility index (Phi) is 3.09. The highest BCUT2D eigenvalue weighted by Gasteiger charge is 2.41. The monoisotopic (exact) mass is 327 g/mol. The zero-order valence-electron chi connectivity index (χ0n) is 13.3. The zero-order chi connectivity index (χ0) is 17.0. The Balaban J connectivity index is 1.88. The van der Waals surface area contributed by atoms with Crippen molar-refractivity contribution in [2.45, 2.75) is 18.3 Å². The number of hydrogen-bond acceptors (Lipinski definition) is 5. The minimum Gasteiger partial charge on any atom is -0.496 e. The van der Waals surface area contributed by atoms with E-state index in [1.54, 1.807) is 12.1 Å². The van der Waals surface area contributed by atoms with Gasteiger partial charge in [-0.3, -0.25) is 4.57 Å². The van der Waals surface area contributed by atoms with Crippen LogP contribution in [0.25, 0.3) is 5.69 Å². The van der Waals surface area contributed by atoms with Crippen LogP contribution in [0.15, 0.2) is 30.4 Å². The molecule has 2 bridgehead atoms. The van der Waals surface area contributed by atoms with Crippen molar-refractivity contribution in [3.8, 4) is 23.2 Å². The maximum atomic E-state index is 12.0. The maximum absolute atomic E-state index is 12.0. The summed E-state index contributed by atoms with van der Waals surface area (Å²) in [5.74, 6) is 0.117. The first-order chi connectivity index (χ1) is 11.6. The zero-order valence-corrected chi connectivity index (χ0v) is 13.3. The summed E-state index contributed by atoms with van der Waals surface area (Å²) < 4.78 is 11.3. The Hall–Kier alpha value is -2.89. The van der Waals surface area contributed by atoms with Gasteiger partial charge in [0.1, 0.15) is 11.3 Å². The van der Waals surface area contributed by atoms with Crippen LogP contribution in [0, 0.1) is 0 Å². The number of methoxy groups -OCH3 is 2. The molecule has 0 saturated heterocycles. The number of carbonyl (C=O) groups is 1. The van der Waals surface area contributed by atoms with E-state index in [9.17, 15) is 15.0 Å². The van der Waals surface area contributed by atoms with Crippen LogP contribution < -0.4 is 4.74 Å². The van der Waals surface area contributed by atoms with Gasteiger partial charge in [-0.1, -0.05) is 12.2 Å². The number of esters is 1. The van der Waals surface area contributed by atoms with E-state index in [1.807, 2.05) is 0 Å². The van der Waals surface area contributed by atoms with Gasteiger partial charge in [-0.05, 0) is 24.6 Å². The number of ether oxygens (including phenoxy) is 2. The first-order valence-corrected chi connectivity index (χ1v) is 7.68. The molecule has 2 aliphatic rings. The molecular weight excluding hydrogens is 310 g/mol. The second-order valence-electron chi connectivity index (χ2n) is 6.02. The number of rotatable bonds is 3. The predicted molar refractivity (Wildman–Crippen MR) is 86.2 cm³/mol. The summed E-state index contributed by atoms with van der Waals surface area (Å²) >= 11 is 0. The highest BCUT2D eigenvalue weighted by atomic mass is 16.5. The summed E-state index contributed by atoms with van der Waals surface area (Å²) in [6, 6.07) is 4.82. The lowest BCUT2D eigenvalue weighted by Gasteiger charge is -2.13. The van der Waals surface area contributed by atoms with Crippen molar-refractivity contribution in [2.75, 3.05) is 14.2 Å². The fourth-order valence-electron chi connectivity index (χ4n) is 3.79. The Morgan fingerprint density at radius 3 is 2.29 bits per heavy atom. The number of benzene rings is 1.